The number of allylic oxidation sites excluding steroid dienone is 3. The van der Waals surface area contributed by atoms with Gasteiger partial charge in [-0.1, -0.05) is 37.5 Å². The average molecular weight is 454 g/mol. The van der Waals surface area contributed by atoms with Gasteiger partial charge in [0.05, 0.1) is 17.2 Å². The molecule has 4 nitrogen and oxygen atoms in total. The minimum Gasteiger partial charge on any atom is -0.369 e. The third kappa shape index (κ3) is 2.96. The topological polar surface area (TPSA) is 49.8 Å². The van der Waals surface area contributed by atoms with Crippen molar-refractivity contribution in [1.82, 2.24) is 5.06 Å². The third-order valence-corrected chi connectivity index (χ3v) is 11.8. The Morgan fingerprint density at radius 3 is 2.73 bits per heavy atom. The first kappa shape index (κ1) is 22.5. The van der Waals surface area contributed by atoms with E-state index in [9.17, 15) is 10.0 Å². The van der Waals surface area contributed by atoms with Crippen LogP contribution >= 0.6 is 0 Å². The van der Waals surface area contributed by atoms with Crippen LogP contribution in [0.25, 0.3) is 0 Å². The number of fused-ring (bicyclic) bond motifs is 6. The molecule has 4 aliphatic carbocycles. The van der Waals surface area contributed by atoms with Gasteiger partial charge in [-0.3, -0.25) is 4.79 Å². The lowest BCUT2D eigenvalue weighted by Gasteiger charge is -2.48. The molecule has 0 bridgehead atoms. The Kier molecular flexibility index (Phi) is 4.96. The van der Waals surface area contributed by atoms with E-state index >= 15 is 0 Å². The molecule has 33 heavy (non-hydrogen) atoms. The van der Waals surface area contributed by atoms with Crippen LogP contribution in [0.5, 0.6) is 0 Å². The lowest BCUT2D eigenvalue weighted by atomic mass is 9.56. The van der Waals surface area contributed by atoms with Crippen molar-refractivity contribution >= 4 is 5.78 Å². The molecule has 4 heteroatoms. The summed E-state index contributed by atoms with van der Waals surface area (Å²) < 4.78 is 7.04. The van der Waals surface area contributed by atoms with E-state index < -0.39 is 0 Å². The summed E-state index contributed by atoms with van der Waals surface area (Å²) in [6.07, 6.45) is 11.9. The highest BCUT2D eigenvalue weighted by Crippen LogP contribution is 2.64. The lowest BCUT2D eigenvalue weighted by molar-refractivity contribution is -0.222. The summed E-state index contributed by atoms with van der Waals surface area (Å²) in [6, 6.07) is 0. The number of rotatable bonds is 0. The molecule has 2 aliphatic heterocycles. The lowest BCUT2D eigenvalue weighted by Crippen LogP contribution is -2.59. The number of ether oxygens (including phenoxy) is 1. The number of carbonyl (C=O) groups excluding carboxylic acids is 1. The molecular formula is C29H43NO3. The zero-order chi connectivity index (χ0) is 23.3. The van der Waals surface area contributed by atoms with E-state index in [4.69, 9.17) is 4.74 Å². The van der Waals surface area contributed by atoms with Crippen LogP contribution in [0.15, 0.2) is 22.8 Å². The molecule has 182 valence electrons. The quantitative estimate of drug-likeness (QED) is 0.451. The van der Waals surface area contributed by atoms with Crippen LogP contribution in [-0.2, 0) is 9.53 Å². The molecule has 1 N–H and O–H groups in total. The predicted molar refractivity (Wildman–Crippen MR) is 129 cm³/mol. The molecule has 2 saturated heterocycles. The summed E-state index contributed by atoms with van der Waals surface area (Å²) >= 11 is 0. The molecule has 0 aromatic heterocycles. The van der Waals surface area contributed by atoms with Gasteiger partial charge in [0.2, 0.25) is 0 Å². The van der Waals surface area contributed by atoms with Crippen molar-refractivity contribution in [3.05, 3.63) is 22.8 Å². The molecule has 2 heterocycles. The molecule has 4 fully saturated rings. The first-order chi connectivity index (χ1) is 15.6. The van der Waals surface area contributed by atoms with Crippen molar-refractivity contribution in [2.45, 2.75) is 110 Å². The summed E-state index contributed by atoms with van der Waals surface area (Å²) in [5.41, 5.74) is 4.54. The predicted octanol–water partition coefficient (Wildman–Crippen LogP) is 6.09. The standard InChI is InChI=1S/C29H43NO3/c1-17-12-26-28(5,30(32)16-17)19(3)29(33-26)11-9-22-23-7-6-20-13-21(31)8-10-27(20,4)25(23)14-24(22)18(2)15-29/h13,17,19,22-23,25-26,32H,6-12,14-16H2,1-5H3/t17-,19+,22-,23-,25-,26+,27-,28-,29-/m0/s1. The van der Waals surface area contributed by atoms with Crippen molar-refractivity contribution in [2.75, 3.05) is 6.54 Å². The first-order valence-corrected chi connectivity index (χ1v) is 13.7. The molecule has 0 unspecified atom stereocenters. The highest BCUT2D eigenvalue weighted by atomic mass is 16.5. The van der Waals surface area contributed by atoms with Crippen LogP contribution in [0, 0.1) is 35.0 Å². The Labute approximate surface area is 199 Å². The fourth-order valence-electron chi connectivity index (χ4n) is 9.58. The van der Waals surface area contributed by atoms with Crippen LogP contribution in [0.3, 0.4) is 0 Å². The molecule has 6 rings (SSSR count). The highest BCUT2D eigenvalue weighted by Gasteiger charge is 2.64. The molecular weight excluding hydrogens is 410 g/mol. The maximum Gasteiger partial charge on any atom is 0.155 e. The van der Waals surface area contributed by atoms with Crippen LogP contribution in [-0.4, -0.2) is 39.8 Å². The number of nitrogens with zero attached hydrogens (tertiary/aromatic N) is 1. The Balaban J connectivity index is 1.32. The average Bonchev–Trinajstić information content (AvgIpc) is 3.19. The number of hydrogen-bond acceptors (Lipinski definition) is 4. The fraction of sp³-hybridized carbons (Fsp3) is 0.828. The van der Waals surface area contributed by atoms with Gasteiger partial charge in [0.1, 0.15) is 0 Å². The fourth-order valence-corrected chi connectivity index (χ4v) is 9.58. The van der Waals surface area contributed by atoms with Gasteiger partial charge in [-0.25, -0.2) is 0 Å². The third-order valence-electron chi connectivity index (χ3n) is 11.8. The highest BCUT2D eigenvalue weighted by molar-refractivity contribution is 5.91. The van der Waals surface area contributed by atoms with E-state index in [1.807, 2.05) is 6.08 Å². The van der Waals surface area contributed by atoms with E-state index in [1.54, 1.807) is 16.2 Å². The number of ketones is 1. The number of hydroxylamine groups is 2. The largest absolute Gasteiger partial charge is 0.369 e. The SMILES string of the molecule is CC1=C2C[C@H]3[C@@H](CCC4=CC(=O)CC[C@@]43C)[C@@H]2CC[C@@]2(C1)O[C@@H]1C[C@H](C)CN(O)[C@@]1(C)[C@H]2C. The van der Waals surface area contributed by atoms with Gasteiger partial charge >= 0.3 is 0 Å². The maximum absolute atomic E-state index is 12.1. The van der Waals surface area contributed by atoms with E-state index in [0.29, 0.717) is 29.5 Å². The molecule has 6 aliphatic rings. The van der Waals surface area contributed by atoms with Crippen molar-refractivity contribution < 1.29 is 14.7 Å². The van der Waals surface area contributed by atoms with Gasteiger partial charge in [-0.2, -0.15) is 5.06 Å². The molecule has 0 aromatic rings. The molecule has 1 spiro atoms. The zero-order valence-electron chi connectivity index (χ0n) is 21.3. The van der Waals surface area contributed by atoms with E-state index in [1.165, 1.54) is 24.8 Å². The smallest absolute Gasteiger partial charge is 0.155 e. The monoisotopic (exact) mass is 453 g/mol. The Morgan fingerprint density at radius 2 is 1.94 bits per heavy atom. The van der Waals surface area contributed by atoms with Gasteiger partial charge in [0, 0.05) is 18.9 Å². The second-order valence-corrected chi connectivity index (χ2v) is 13.2. The number of hydrogen-bond donors (Lipinski definition) is 1. The van der Waals surface area contributed by atoms with Gasteiger partial charge in [0.15, 0.2) is 5.78 Å². The number of carbonyl (C=O) groups is 1. The van der Waals surface area contributed by atoms with Crippen molar-refractivity contribution in [2.24, 2.45) is 35.0 Å². The summed E-state index contributed by atoms with van der Waals surface area (Å²) in [6.45, 7) is 12.4. The molecule has 0 amide bonds. The summed E-state index contributed by atoms with van der Waals surface area (Å²) in [5.74, 6) is 3.25. The summed E-state index contributed by atoms with van der Waals surface area (Å²) in [5, 5.41) is 12.6. The number of piperidine rings is 1. The second-order valence-electron chi connectivity index (χ2n) is 13.2. The Hall–Kier alpha value is -0.970. The van der Waals surface area contributed by atoms with Crippen LogP contribution < -0.4 is 0 Å². The van der Waals surface area contributed by atoms with E-state index in [-0.39, 0.29) is 22.7 Å². The summed E-state index contributed by atoms with van der Waals surface area (Å²) in [7, 11) is 0. The minimum atomic E-state index is -0.286. The van der Waals surface area contributed by atoms with Gasteiger partial charge < -0.3 is 9.94 Å². The molecule has 0 aromatic carbocycles. The maximum atomic E-state index is 12.1. The Bertz CT molecular complexity index is 937. The molecule has 0 radical (unpaired) electrons. The molecule has 2 saturated carbocycles. The van der Waals surface area contributed by atoms with Gasteiger partial charge in [-0.05, 0) is 100 Å². The van der Waals surface area contributed by atoms with Crippen molar-refractivity contribution in [3.8, 4) is 0 Å². The first-order valence-electron chi connectivity index (χ1n) is 13.7. The minimum absolute atomic E-state index is 0.116. The van der Waals surface area contributed by atoms with Gasteiger partial charge in [-0.15, -0.1) is 0 Å². The second kappa shape index (κ2) is 7.27. The van der Waals surface area contributed by atoms with Crippen LogP contribution in [0.1, 0.15) is 92.4 Å². The van der Waals surface area contributed by atoms with Crippen LogP contribution in [0.2, 0.25) is 0 Å². The molecule has 9 atom stereocenters. The van der Waals surface area contributed by atoms with Crippen LogP contribution in [0.4, 0.5) is 0 Å². The van der Waals surface area contributed by atoms with Crippen molar-refractivity contribution in [1.29, 1.82) is 0 Å². The summed E-state index contributed by atoms with van der Waals surface area (Å²) in [4.78, 5) is 12.1. The van der Waals surface area contributed by atoms with E-state index in [0.717, 1.165) is 51.0 Å². The zero-order valence-corrected chi connectivity index (χ0v) is 21.3. The normalized spacial score (nSPS) is 52.2. The van der Waals surface area contributed by atoms with Crippen molar-refractivity contribution in [3.63, 3.8) is 0 Å². The van der Waals surface area contributed by atoms with Gasteiger partial charge in [0.25, 0.3) is 0 Å². The Morgan fingerprint density at radius 1 is 1.15 bits per heavy atom. The van der Waals surface area contributed by atoms with E-state index in [2.05, 4.69) is 34.6 Å².